The van der Waals surface area contributed by atoms with Crippen molar-refractivity contribution in [1.29, 1.82) is 0 Å². The molecule has 3 N–H and O–H groups in total. The van der Waals surface area contributed by atoms with Crippen molar-refractivity contribution in [3.8, 4) is 0 Å². The second-order valence-corrected chi connectivity index (χ2v) is 6.65. The fourth-order valence-corrected chi connectivity index (χ4v) is 3.43. The summed E-state index contributed by atoms with van der Waals surface area (Å²) in [6.45, 7) is 6.42. The Morgan fingerprint density at radius 2 is 2.11 bits per heavy atom. The van der Waals surface area contributed by atoms with Crippen LogP contribution in [-0.2, 0) is 0 Å². The molecule has 0 amide bonds. The van der Waals surface area contributed by atoms with Crippen LogP contribution in [0.5, 0.6) is 0 Å². The van der Waals surface area contributed by atoms with Gasteiger partial charge in [0.1, 0.15) is 5.82 Å². The van der Waals surface area contributed by atoms with Crippen LogP contribution in [0.4, 0.5) is 11.5 Å². The van der Waals surface area contributed by atoms with E-state index < -0.39 is 0 Å². The summed E-state index contributed by atoms with van der Waals surface area (Å²) in [5.41, 5.74) is 7.66. The van der Waals surface area contributed by atoms with E-state index in [0.717, 1.165) is 10.3 Å². The normalized spacial score (nSPS) is 12.4. The van der Waals surface area contributed by atoms with Crippen LogP contribution in [0, 0.1) is 13.8 Å². The molecule has 18 heavy (non-hydrogen) atoms. The molecular formula is C13H16BrN3S. The number of halogens is 1. The summed E-state index contributed by atoms with van der Waals surface area (Å²) in [5, 5.41) is 3.40. The summed E-state index contributed by atoms with van der Waals surface area (Å²) in [6.07, 6.45) is 1.66. The SMILES string of the molecule is Cc1cc(C(C)Nc2ncc(N)cc2Br)c(C)s1. The van der Waals surface area contributed by atoms with Gasteiger partial charge >= 0.3 is 0 Å². The first-order valence-electron chi connectivity index (χ1n) is 5.72. The molecule has 2 aromatic heterocycles. The Kier molecular flexibility index (Phi) is 3.92. The lowest BCUT2D eigenvalue weighted by molar-refractivity contribution is 0.870. The summed E-state index contributed by atoms with van der Waals surface area (Å²) in [5.74, 6) is 0.819. The highest BCUT2D eigenvalue weighted by Crippen LogP contribution is 2.30. The molecule has 0 radical (unpaired) electrons. The zero-order valence-electron chi connectivity index (χ0n) is 10.6. The second kappa shape index (κ2) is 5.28. The van der Waals surface area contributed by atoms with Crippen molar-refractivity contribution in [1.82, 2.24) is 4.98 Å². The molecule has 2 rings (SSSR count). The van der Waals surface area contributed by atoms with Crippen LogP contribution < -0.4 is 11.1 Å². The molecule has 0 saturated heterocycles. The number of pyridine rings is 1. The zero-order chi connectivity index (χ0) is 13.3. The minimum atomic E-state index is 0.224. The topological polar surface area (TPSA) is 50.9 Å². The van der Waals surface area contributed by atoms with Gasteiger partial charge in [0.25, 0.3) is 0 Å². The second-order valence-electron chi connectivity index (χ2n) is 4.33. The third-order valence-electron chi connectivity index (χ3n) is 2.76. The molecule has 0 aliphatic carbocycles. The van der Waals surface area contributed by atoms with Gasteiger partial charge in [-0.05, 0) is 54.4 Å². The Balaban J connectivity index is 2.21. The zero-order valence-corrected chi connectivity index (χ0v) is 13.0. The molecule has 2 aromatic rings. The Bertz CT molecular complexity index is 565. The number of nitrogens with two attached hydrogens (primary N) is 1. The van der Waals surface area contributed by atoms with E-state index in [4.69, 9.17) is 5.73 Å². The Labute approximate surface area is 120 Å². The van der Waals surface area contributed by atoms with Crippen molar-refractivity contribution in [2.45, 2.75) is 26.8 Å². The highest BCUT2D eigenvalue weighted by atomic mass is 79.9. The van der Waals surface area contributed by atoms with Crippen molar-refractivity contribution in [3.63, 3.8) is 0 Å². The van der Waals surface area contributed by atoms with Crippen LogP contribution in [0.3, 0.4) is 0 Å². The number of hydrogen-bond donors (Lipinski definition) is 2. The lowest BCUT2D eigenvalue weighted by atomic mass is 10.1. The maximum atomic E-state index is 5.68. The van der Waals surface area contributed by atoms with Crippen molar-refractivity contribution < 1.29 is 0 Å². The van der Waals surface area contributed by atoms with Crippen LogP contribution in [0.25, 0.3) is 0 Å². The monoisotopic (exact) mass is 325 g/mol. The molecule has 3 nitrogen and oxygen atoms in total. The van der Waals surface area contributed by atoms with Gasteiger partial charge in [0.05, 0.1) is 22.4 Å². The van der Waals surface area contributed by atoms with E-state index in [0.29, 0.717) is 5.69 Å². The molecule has 0 spiro atoms. The predicted molar refractivity (Wildman–Crippen MR) is 82.2 cm³/mol. The number of thiophene rings is 1. The Hall–Kier alpha value is -1.07. The molecule has 5 heteroatoms. The van der Waals surface area contributed by atoms with Crippen molar-refractivity contribution in [3.05, 3.63) is 38.1 Å². The van der Waals surface area contributed by atoms with Crippen LogP contribution >= 0.6 is 27.3 Å². The number of aromatic nitrogens is 1. The van der Waals surface area contributed by atoms with E-state index in [1.165, 1.54) is 15.3 Å². The van der Waals surface area contributed by atoms with E-state index in [-0.39, 0.29) is 6.04 Å². The highest BCUT2D eigenvalue weighted by Gasteiger charge is 2.13. The number of anilines is 2. The van der Waals surface area contributed by atoms with Gasteiger partial charge in [-0.15, -0.1) is 11.3 Å². The summed E-state index contributed by atoms with van der Waals surface area (Å²) >= 11 is 5.29. The lowest BCUT2D eigenvalue weighted by Crippen LogP contribution is -2.08. The summed E-state index contributed by atoms with van der Waals surface area (Å²) < 4.78 is 0.888. The first kappa shape index (κ1) is 13.4. The number of nitrogens with zero attached hydrogens (tertiary/aromatic N) is 1. The van der Waals surface area contributed by atoms with E-state index in [9.17, 15) is 0 Å². The molecule has 0 bridgehead atoms. The molecule has 0 aliphatic heterocycles. The molecule has 0 aromatic carbocycles. The maximum Gasteiger partial charge on any atom is 0.140 e. The molecule has 2 heterocycles. The largest absolute Gasteiger partial charge is 0.397 e. The highest BCUT2D eigenvalue weighted by molar-refractivity contribution is 9.10. The van der Waals surface area contributed by atoms with Gasteiger partial charge in [0.15, 0.2) is 0 Å². The summed E-state index contributed by atoms with van der Waals surface area (Å²) in [7, 11) is 0. The number of rotatable bonds is 3. The molecule has 1 unspecified atom stereocenters. The first-order valence-corrected chi connectivity index (χ1v) is 7.33. The van der Waals surface area contributed by atoms with Crippen molar-refractivity contribution >= 4 is 38.8 Å². The quantitative estimate of drug-likeness (QED) is 0.885. The van der Waals surface area contributed by atoms with Gasteiger partial charge in [-0.2, -0.15) is 0 Å². The van der Waals surface area contributed by atoms with E-state index in [1.54, 1.807) is 6.20 Å². The third kappa shape index (κ3) is 2.84. The average molecular weight is 326 g/mol. The van der Waals surface area contributed by atoms with Gasteiger partial charge in [0.2, 0.25) is 0 Å². The molecule has 0 fully saturated rings. The van der Waals surface area contributed by atoms with Gasteiger partial charge in [0, 0.05) is 9.75 Å². The number of hydrogen-bond acceptors (Lipinski definition) is 4. The molecule has 0 aliphatic rings. The molecule has 0 saturated carbocycles. The molecule has 1 atom stereocenters. The van der Waals surface area contributed by atoms with Gasteiger partial charge in [-0.25, -0.2) is 4.98 Å². The van der Waals surface area contributed by atoms with Crippen molar-refractivity contribution in [2.24, 2.45) is 0 Å². The lowest BCUT2D eigenvalue weighted by Gasteiger charge is -2.15. The Morgan fingerprint density at radius 3 is 2.67 bits per heavy atom. The van der Waals surface area contributed by atoms with E-state index >= 15 is 0 Å². The average Bonchev–Trinajstić information content (AvgIpc) is 2.62. The number of nitrogens with one attached hydrogen (secondary N) is 1. The van der Waals surface area contributed by atoms with Crippen LogP contribution in [0.1, 0.15) is 28.3 Å². The third-order valence-corrected chi connectivity index (χ3v) is 4.35. The van der Waals surface area contributed by atoms with Crippen LogP contribution in [0.15, 0.2) is 22.8 Å². The fraction of sp³-hybridized carbons (Fsp3) is 0.308. The first-order chi connectivity index (χ1) is 8.47. The molecule has 96 valence electrons. The van der Waals surface area contributed by atoms with Gasteiger partial charge in [-0.3, -0.25) is 0 Å². The minimum Gasteiger partial charge on any atom is -0.397 e. The Morgan fingerprint density at radius 1 is 1.39 bits per heavy atom. The smallest absolute Gasteiger partial charge is 0.140 e. The number of nitrogen functional groups attached to an aromatic ring is 1. The fourth-order valence-electron chi connectivity index (χ4n) is 1.92. The van der Waals surface area contributed by atoms with Crippen LogP contribution in [0.2, 0.25) is 0 Å². The van der Waals surface area contributed by atoms with E-state index in [2.05, 4.69) is 53.1 Å². The maximum absolute atomic E-state index is 5.68. The van der Waals surface area contributed by atoms with Crippen LogP contribution in [-0.4, -0.2) is 4.98 Å². The van der Waals surface area contributed by atoms with Gasteiger partial charge < -0.3 is 11.1 Å². The minimum absolute atomic E-state index is 0.224. The van der Waals surface area contributed by atoms with E-state index in [1.807, 2.05) is 17.4 Å². The predicted octanol–water partition coefficient (Wildman–Crippen LogP) is 4.28. The standard InChI is InChI=1S/C13H16BrN3S/c1-7-4-11(9(3)18-7)8(2)17-13-12(14)5-10(15)6-16-13/h4-6,8H,15H2,1-3H3,(H,16,17). The van der Waals surface area contributed by atoms with Crippen molar-refractivity contribution in [2.75, 3.05) is 11.1 Å². The number of aryl methyl sites for hydroxylation is 2. The molecular weight excluding hydrogens is 310 g/mol. The summed E-state index contributed by atoms with van der Waals surface area (Å²) in [6, 6.07) is 4.30. The van der Waals surface area contributed by atoms with Gasteiger partial charge in [-0.1, -0.05) is 0 Å². The summed E-state index contributed by atoms with van der Waals surface area (Å²) in [4.78, 5) is 6.98.